The second-order valence-corrected chi connectivity index (χ2v) is 4.22. The van der Waals surface area contributed by atoms with E-state index in [1.165, 1.54) is 16.9 Å². The second-order valence-electron chi connectivity index (χ2n) is 3.84. The average molecular weight is 269 g/mol. The third-order valence-electron chi connectivity index (χ3n) is 2.69. The number of carbonyl (C=O) groups is 1. The Morgan fingerprint density at radius 1 is 1.50 bits per heavy atom. The molecule has 6 nitrogen and oxygen atoms in total. The SMILES string of the molecule is CCn1nc(C)c(Cl)c1Cn1nccc1C(=O)O. The number of nitrogens with zero attached hydrogens (tertiary/aromatic N) is 4. The summed E-state index contributed by atoms with van der Waals surface area (Å²) in [5.41, 5.74) is 1.63. The van der Waals surface area contributed by atoms with Crippen molar-refractivity contribution in [2.45, 2.75) is 26.9 Å². The van der Waals surface area contributed by atoms with Crippen LogP contribution in [0.1, 0.15) is 28.8 Å². The van der Waals surface area contributed by atoms with Gasteiger partial charge >= 0.3 is 5.97 Å². The van der Waals surface area contributed by atoms with Gasteiger partial charge in [-0.3, -0.25) is 9.36 Å². The zero-order valence-electron chi connectivity index (χ0n) is 10.1. The second kappa shape index (κ2) is 4.81. The molecule has 0 atom stereocenters. The van der Waals surface area contributed by atoms with Gasteiger partial charge in [0.1, 0.15) is 5.69 Å². The fraction of sp³-hybridized carbons (Fsp3) is 0.364. The number of aromatic carboxylic acids is 1. The molecule has 0 fully saturated rings. The molecule has 0 radical (unpaired) electrons. The normalized spacial score (nSPS) is 10.8. The lowest BCUT2D eigenvalue weighted by Crippen LogP contribution is -2.14. The van der Waals surface area contributed by atoms with Crippen molar-refractivity contribution < 1.29 is 9.90 Å². The molecule has 0 bridgehead atoms. The van der Waals surface area contributed by atoms with Crippen LogP contribution in [0.4, 0.5) is 0 Å². The van der Waals surface area contributed by atoms with Crippen molar-refractivity contribution in [3.8, 4) is 0 Å². The minimum atomic E-state index is -1.01. The van der Waals surface area contributed by atoms with Gasteiger partial charge in [0.05, 0.1) is 23.0 Å². The topological polar surface area (TPSA) is 72.9 Å². The molecule has 2 rings (SSSR count). The van der Waals surface area contributed by atoms with Crippen LogP contribution in [0, 0.1) is 6.92 Å². The Morgan fingerprint density at radius 3 is 2.83 bits per heavy atom. The van der Waals surface area contributed by atoms with Crippen LogP contribution in [-0.2, 0) is 13.1 Å². The molecule has 0 amide bonds. The van der Waals surface area contributed by atoms with Crippen LogP contribution in [0.15, 0.2) is 12.3 Å². The molecular formula is C11H13ClN4O2. The van der Waals surface area contributed by atoms with Gasteiger partial charge in [0.2, 0.25) is 0 Å². The van der Waals surface area contributed by atoms with Crippen molar-refractivity contribution in [1.82, 2.24) is 19.6 Å². The van der Waals surface area contributed by atoms with Crippen LogP contribution in [0.3, 0.4) is 0 Å². The maximum Gasteiger partial charge on any atom is 0.354 e. The van der Waals surface area contributed by atoms with E-state index < -0.39 is 5.97 Å². The highest BCUT2D eigenvalue weighted by molar-refractivity contribution is 6.31. The summed E-state index contributed by atoms with van der Waals surface area (Å²) in [6.45, 7) is 4.74. The summed E-state index contributed by atoms with van der Waals surface area (Å²) < 4.78 is 3.15. The first-order valence-corrected chi connectivity index (χ1v) is 5.89. The Hall–Kier alpha value is -1.82. The lowest BCUT2D eigenvalue weighted by Gasteiger charge is -2.07. The molecule has 2 aromatic heterocycles. The highest BCUT2D eigenvalue weighted by atomic mass is 35.5. The summed E-state index contributed by atoms with van der Waals surface area (Å²) in [6.07, 6.45) is 1.46. The van der Waals surface area contributed by atoms with Gasteiger partial charge in [0.25, 0.3) is 0 Å². The average Bonchev–Trinajstić information content (AvgIpc) is 2.89. The van der Waals surface area contributed by atoms with Gasteiger partial charge in [0, 0.05) is 12.7 Å². The third kappa shape index (κ3) is 2.11. The van der Waals surface area contributed by atoms with Gasteiger partial charge < -0.3 is 5.11 Å². The van der Waals surface area contributed by atoms with E-state index in [2.05, 4.69) is 10.2 Å². The molecule has 0 aromatic carbocycles. The zero-order chi connectivity index (χ0) is 13.3. The highest BCUT2D eigenvalue weighted by Gasteiger charge is 2.16. The van der Waals surface area contributed by atoms with Crippen LogP contribution in [-0.4, -0.2) is 30.6 Å². The quantitative estimate of drug-likeness (QED) is 0.918. The van der Waals surface area contributed by atoms with Crippen molar-refractivity contribution in [1.29, 1.82) is 0 Å². The minimum absolute atomic E-state index is 0.132. The van der Waals surface area contributed by atoms with E-state index in [0.717, 1.165) is 11.4 Å². The number of hydrogen-bond donors (Lipinski definition) is 1. The lowest BCUT2D eigenvalue weighted by molar-refractivity contribution is 0.0684. The van der Waals surface area contributed by atoms with Gasteiger partial charge in [0.15, 0.2) is 0 Å². The largest absolute Gasteiger partial charge is 0.477 e. The van der Waals surface area contributed by atoms with E-state index in [4.69, 9.17) is 16.7 Å². The molecular weight excluding hydrogens is 256 g/mol. The zero-order valence-corrected chi connectivity index (χ0v) is 10.8. The van der Waals surface area contributed by atoms with Gasteiger partial charge in [-0.05, 0) is 19.9 Å². The summed E-state index contributed by atoms with van der Waals surface area (Å²) in [5, 5.41) is 17.9. The third-order valence-corrected chi connectivity index (χ3v) is 3.18. The molecule has 18 heavy (non-hydrogen) atoms. The van der Waals surface area contributed by atoms with Crippen LogP contribution in [0.2, 0.25) is 5.02 Å². The molecule has 0 saturated heterocycles. The summed E-state index contributed by atoms with van der Waals surface area (Å²) in [7, 11) is 0. The first-order chi connectivity index (χ1) is 8.54. The van der Waals surface area contributed by atoms with Gasteiger partial charge in [-0.15, -0.1) is 0 Å². The summed E-state index contributed by atoms with van der Waals surface area (Å²) in [5.74, 6) is -1.01. The van der Waals surface area contributed by atoms with Crippen molar-refractivity contribution >= 4 is 17.6 Å². The molecule has 2 aromatic rings. The van der Waals surface area contributed by atoms with Crippen LogP contribution in [0.5, 0.6) is 0 Å². The number of aromatic nitrogens is 4. The van der Waals surface area contributed by atoms with E-state index in [1.54, 1.807) is 4.68 Å². The molecule has 0 aliphatic rings. The van der Waals surface area contributed by atoms with Crippen molar-refractivity contribution in [3.63, 3.8) is 0 Å². The Balaban J connectivity index is 2.39. The molecule has 0 aliphatic heterocycles. The van der Waals surface area contributed by atoms with E-state index in [1.807, 2.05) is 13.8 Å². The first-order valence-electron chi connectivity index (χ1n) is 5.51. The Bertz CT molecular complexity index is 588. The van der Waals surface area contributed by atoms with E-state index >= 15 is 0 Å². The van der Waals surface area contributed by atoms with Gasteiger partial charge in [-0.1, -0.05) is 11.6 Å². The van der Waals surface area contributed by atoms with Crippen LogP contribution in [0.25, 0.3) is 0 Å². The van der Waals surface area contributed by atoms with Crippen LogP contribution >= 0.6 is 11.6 Å². The summed E-state index contributed by atoms with van der Waals surface area (Å²) in [4.78, 5) is 11.0. The van der Waals surface area contributed by atoms with E-state index in [9.17, 15) is 4.79 Å². The molecule has 0 unspecified atom stereocenters. The molecule has 1 N–H and O–H groups in total. The maximum absolute atomic E-state index is 11.0. The molecule has 96 valence electrons. The molecule has 7 heteroatoms. The van der Waals surface area contributed by atoms with Crippen molar-refractivity contribution in [2.24, 2.45) is 0 Å². The van der Waals surface area contributed by atoms with E-state index in [0.29, 0.717) is 18.1 Å². The number of carboxylic acid groups (broad SMARTS) is 1. The number of aryl methyl sites for hydroxylation is 2. The minimum Gasteiger partial charge on any atom is -0.477 e. The lowest BCUT2D eigenvalue weighted by atomic mass is 10.3. The highest BCUT2D eigenvalue weighted by Crippen LogP contribution is 2.21. The predicted octanol–water partition coefficient (Wildman–Crippen LogP) is 1.81. The molecule has 0 spiro atoms. The Labute approximate surface area is 109 Å². The number of halogens is 1. The summed E-state index contributed by atoms with van der Waals surface area (Å²) in [6, 6.07) is 1.45. The summed E-state index contributed by atoms with van der Waals surface area (Å²) >= 11 is 6.17. The van der Waals surface area contributed by atoms with Gasteiger partial charge in [-0.2, -0.15) is 10.2 Å². The Kier molecular flexibility index (Phi) is 3.38. The van der Waals surface area contributed by atoms with Crippen LogP contribution < -0.4 is 0 Å². The number of carboxylic acids is 1. The van der Waals surface area contributed by atoms with E-state index in [-0.39, 0.29) is 5.69 Å². The Morgan fingerprint density at radius 2 is 2.22 bits per heavy atom. The number of hydrogen-bond acceptors (Lipinski definition) is 3. The van der Waals surface area contributed by atoms with Gasteiger partial charge in [-0.25, -0.2) is 4.79 Å². The molecule has 0 saturated carbocycles. The van der Waals surface area contributed by atoms with Crippen molar-refractivity contribution in [2.75, 3.05) is 0 Å². The maximum atomic E-state index is 11.0. The fourth-order valence-corrected chi connectivity index (χ4v) is 2.00. The first kappa shape index (κ1) is 12.6. The molecule has 2 heterocycles. The standard InChI is InChI=1S/C11H13ClN4O2/c1-3-15-9(10(12)7(2)14-15)6-16-8(11(17)18)4-5-13-16/h4-5H,3,6H2,1-2H3,(H,17,18). The number of rotatable bonds is 4. The smallest absolute Gasteiger partial charge is 0.354 e. The fourth-order valence-electron chi connectivity index (χ4n) is 1.80. The monoisotopic (exact) mass is 268 g/mol. The molecule has 0 aliphatic carbocycles. The predicted molar refractivity (Wildman–Crippen MR) is 65.9 cm³/mol. The van der Waals surface area contributed by atoms with Crippen molar-refractivity contribution in [3.05, 3.63) is 34.4 Å².